The van der Waals surface area contributed by atoms with Crippen molar-refractivity contribution in [3.05, 3.63) is 59.7 Å². The van der Waals surface area contributed by atoms with Crippen LogP contribution in [0.25, 0.3) is 11.1 Å². The molecule has 3 N–H and O–H groups in total. The maximum atomic E-state index is 12.8. The Morgan fingerprint density at radius 2 is 1.60 bits per heavy atom. The third-order valence-corrected chi connectivity index (χ3v) is 7.59. The predicted molar refractivity (Wildman–Crippen MR) is 131 cm³/mol. The fourth-order valence-electron chi connectivity index (χ4n) is 5.56. The molecule has 0 radical (unpaired) electrons. The lowest BCUT2D eigenvalue weighted by Gasteiger charge is -2.29. The van der Waals surface area contributed by atoms with Crippen molar-refractivity contribution in [1.29, 1.82) is 0 Å². The first-order chi connectivity index (χ1) is 17.0. The van der Waals surface area contributed by atoms with E-state index < -0.39 is 18.1 Å². The summed E-state index contributed by atoms with van der Waals surface area (Å²) in [4.78, 5) is 37.0. The average Bonchev–Trinajstić information content (AvgIpc) is 3.63. The highest BCUT2D eigenvalue weighted by atomic mass is 16.5. The van der Waals surface area contributed by atoms with Crippen molar-refractivity contribution in [2.45, 2.75) is 62.9 Å². The van der Waals surface area contributed by atoms with Crippen molar-refractivity contribution < 1.29 is 24.2 Å². The van der Waals surface area contributed by atoms with Crippen molar-refractivity contribution >= 4 is 18.0 Å². The third-order valence-electron chi connectivity index (χ3n) is 7.59. The quantitative estimate of drug-likeness (QED) is 0.522. The Morgan fingerprint density at radius 1 is 0.943 bits per heavy atom. The van der Waals surface area contributed by atoms with Gasteiger partial charge in [0.2, 0.25) is 5.91 Å². The number of hydrogen-bond donors (Lipinski definition) is 3. The second kappa shape index (κ2) is 10.1. The molecule has 3 aliphatic carbocycles. The minimum atomic E-state index is -0.977. The molecule has 3 atom stereocenters. The summed E-state index contributed by atoms with van der Waals surface area (Å²) in [5.74, 6) is -1.10. The van der Waals surface area contributed by atoms with Gasteiger partial charge >= 0.3 is 12.1 Å². The summed E-state index contributed by atoms with van der Waals surface area (Å²) in [5.41, 5.74) is 4.68. The summed E-state index contributed by atoms with van der Waals surface area (Å²) in [6.07, 6.45) is 4.86. The number of carbonyl (C=O) groups is 3. The zero-order valence-corrected chi connectivity index (χ0v) is 19.7. The van der Waals surface area contributed by atoms with Crippen LogP contribution >= 0.6 is 0 Å². The highest BCUT2D eigenvalue weighted by Crippen LogP contribution is 2.44. The Balaban J connectivity index is 1.14. The first-order valence-corrected chi connectivity index (χ1v) is 12.6. The van der Waals surface area contributed by atoms with Crippen LogP contribution in [0.15, 0.2) is 48.5 Å². The molecule has 5 rings (SSSR count). The smallest absolute Gasteiger partial charge is 0.407 e. The number of ether oxygens (including phenoxy) is 1. The maximum Gasteiger partial charge on any atom is 0.407 e. The highest BCUT2D eigenvalue weighted by Gasteiger charge is 2.34. The van der Waals surface area contributed by atoms with Gasteiger partial charge in [-0.05, 0) is 53.9 Å². The molecule has 184 valence electrons. The van der Waals surface area contributed by atoms with E-state index in [0.29, 0.717) is 25.2 Å². The molecule has 0 bridgehead atoms. The molecule has 0 saturated heterocycles. The Labute approximate surface area is 205 Å². The number of benzene rings is 2. The van der Waals surface area contributed by atoms with Gasteiger partial charge in [-0.25, -0.2) is 9.59 Å². The average molecular weight is 477 g/mol. The number of carboxylic acid groups (broad SMARTS) is 1. The van der Waals surface area contributed by atoms with Crippen LogP contribution in [0.5, 0.6) is 0 Å². The first-order valence-electron chi connectivity index (χ1n) is 12.6. The Kier molecular flexibility index (Phi) is 6.75. The molecule has 35 heavy (non-hydrogen) atoms. The van der Waals surface area contributed by atoms with E-state index in [2.05, 4.69) is 34.9 Å². The summed E-state index contributed by atoms with van der Waals surface area (Å²) in [7, 11) is 0. The van der Waals surface area contributed by atoms with Crippen molar-refractivity contribution in [3.63, 3.8) is 0 Å². The molecule has 7 nitrogen and oxygen atoms in total. The SMILES string of the molecule is O=C(N[C@@H]1CCC[C@@H](C(=O)NC(CC2CC2)C(=O)O)C1)OCC1c2ccccc2-c2ccccc21. The lowest BCUT2D eigenvalue weighted by molar-refractivity contribution is -0.143. The number of amides is 2. The van der Waals surface area contributed by atoms with Gasteiger partial charge in [-0.3, -0.25) is 4.79 Å². The second-order valence-corrected chi connectivity index (χ2v) is 10.1. The monoisotopic (exact) mass is 476 g/mol. The van der Waals surface area contributed by atoms with Crippen molar-refractivity contribution in [2.75, 3.05) is 6.61 Å². The number of rotatable bonds is 8. The maximum absolute atomic E-state index is 12.8. The van der Waals surface area contributed by atoms with E-state index in [1.165, 1.54) is 11.1 Å². The van der Waals surface area contributed by atoms with Crippen LogP contribution in [0.1, 0.15) is 62.0 Å². The first kappa shape index (κ1) is 23.4. The minimum absolute atomic E-state index is 0.00236. The zero-order chi connectivity index (χ0) is 24.4. The summed E-state index contributed by atoms with van der Waals surface area (Å²) >= 11 is 0. The van der Waals surface area contributed by atoms with E-state index in [1.54, 1.807) is 0 Å². The van der Waals surface area contributed by atoms with Gasteiger partial charge in [-0.15, -0.1) is 0 Å². The van der Waals surface area contributed by atoms with E-state index in [0.717, 1.165) is 36.8 Å². The molecule has 2 amide bonds. The molecular weight excluding hydrogens is 444 g/mol. The molecule has 2 saturated carbocycles. The Morgan fingerprint density at radius 3 is 2.23 bits per heavy atom. The highest BCUT2D eigenvalue weighted by molar-refractivity contribution is 5.85. The normalized spacial score (nSPS) is 21.9. The molecule has 2 aromatic rings. The van der Waals surface area contributed by atoms with Gasteiger partial charge in [0.05, 0.1) is 0 Å². The Bertz CT molecular complexity index is 1070. The lowest BCUT2D eigenvalue weighted by Crippen LogP contribution is -2.47. The molecule has 3 aliphatic rings. The van der Waals surface area contributed by atoms with Crippen LogP contribution in [0, 0.1) is 11.8 Å². The topological polar surface area (TPSA) is 105 Å². The number of nitrogens with one attached hydrogen (secondary N) is 2. The van der Waals surface area contributed by atoms with Crippen LogP contribution in [-0.2, 0) is 14.3 Å². The minimum Gasteiger partial charge on any atom is -0.480 e. The number of aliphatic carboxylic acids is 1. The van der Waals surface area contributed by atoms with Gasteiger partial charge in [-0.2, -0.15) is 0 Å². The van der Waals surface area contributed by atoms with E-state index in [4.69, 9.17) is 4.74 Å². The van der Waals surface area contributed by atoms with Gasteiger partial charge in [-0.1, -0.05) is 67.8 Å². The second-order valence-electron chi connectivity index (χ2n) is 10.1. The number of fused-ring (bicyclic) bond motifs is 3. The van der Waals surface area contributed by atoms with E-state index >= 15 is 0 Å². The third kappa shape index (κ3) is 5.34. The molecule has 7 heteroatoms. The molecule has 0 aliphatic heterocycles. The van der Waals surface area contributed by atoms with Crippen LogP contribution in [0.4, 0.5) is 4.79 Å². The van der Waals surface area contributed by atoms with Crippen LogP contribution < -0.4 is 10.6 Å². The van der Waals surface area contributed by atoms with E-state index in [-0.39, 0.29) is 30.4 Å². The molecule has 1 unspecified atom stereocenters. The van der Waals surface area contributed by atoms with Gasteiger partial charge in [0, 0.05) is 17.9 Å². The van der Waals surface area contributed by atoms with Crippen molar-refractivity contribution in [2.24, 2.45) is 11.8 Å². The standard InChI is InChI=1S/C28H32N2O5/c31-26(30-25(27(32)33)14-17-12-13-17)18-6-5-7-19(15-18)29-28(34)35-16-24-22-10-3-1-8-20(22)21-9-2-4-11-23(21)24/h1-4,8-11,17-19,24-25H,5-7,12-16H2,(H,29,34)(H,30,31)(H,32,33)/t18-,19-,25?/m1/s1. The van der Waals surface area contributed by atoms with E-state index in [1.807, 2.05) is 24.3 Å². The fraction of sp³-hybridized carbons (Fsp3) is 0.464. The van der Waals surface area contributed by atoms with Gasteiger partial charge in [0.1, 0.15) is 12.6 Å². The van der Waals surface area contributed by atoms with Gasteiger partial charge in [0.15, 0.2) is 0 Å². The van der Waals surface area contributed by atoms with Gasteiger partial charge in [0.25, 0.3) is 0 Å². The van der Waals surface area contributed by atoms with Crippen LogP contribution in [-0.4, -0.2) is 41.8 Å². The molecule has 2 aromatic carbocycles. The summed E-state index contributed by atoms with van der Waals surface area (Å²) in [5, 5.41) is 15.1. The molecule has 0 aromatic heterocycles. The molecule has 0 heterocycles. The summed E-state index contributed by atoms with van der Waals surface area (Å²) in [6, 6.07) is 15.4. The largest absolute Gasteiger partial charge is 0.480 e. The van der Waals surface area contributed by atoms with Crippen molar-refractivity contribution in [1.82, 2.24) is 10.6 Å². The molecule has 2 fully saturated rings. The number of hydrogen-bond acceptors (Lipinski definition) is 4. The van der Waals surface area contributed by atoms with Gasteiger partial charge < -0.3 is 20.5 Å². The zero-order valence-electron chi connectivity index (χ0n) is 19.7. The Hall–Kier alpha value is -3.35. The summed E-state index contributed by atoms with van der Waals surface area (Å²) in [6.45, 7) is 0.248. The van der Waals surface area contributed by atoms with Crippen LogP contribution in [0.3, 0.4) is 0 Å². The van der Waals surface area contributed by atoms with E-state index in [9.17, 15) is 19.5 Å². The predicted octanol–water partition coefficient (Wildman–Crippen LogP) is 4.45. The number of carbonyl (C=O) groups excluding carboxylic acids is 2. The number of carboxylic acids is 1. The fourth-order valence-corrected chi connectivity index (χ4v) is 5.56. The van der Waals surface area contributed by atoms with Crippen LogP contribution in [0.2, 0.25) is 0 Å². The number of alkyl carbamates (subject to hydrolysis) is 1. The van der Waals surface area contributed by atoms with Crippen molar-refractivity contribution in [3.8, 4) is 11.1 Å². The summed E-state index contributed by atoms with van der Waals surface area (Å²) < 4.78 is 5.66. The molecular formula is C28H32N2O5. The lowest BCUT2D eigenvalue weighted by atomic mass is 9.85. The molecule has 0 spiro atoms.